The summed E-state index contributed by atoms with van der Waals surface area (Å²) < 4.78 is 9.18. The first kappa shape index (κ1) is 24.2. The van der Waals surface area contributed by atoms with Gasteiger partial charge in [-0.2, -0.15) is 0 Å². The first-order chi connectivity index (χ1) is 21.3. The summed E-state index contributed by atoms with van der Waals surface area (Å²) in [5.41, 5.74) is 7.54. The number of fused-ring (bicyclic) bond motifs is 7. The number of hydrogen-bond acceptors (Lipinski definition) is 3. The van der Waals surface area contributed by atoms with Gasteiger partial charge in [0.15, 0.2) is 5.58 Å². The van der Waals surface area contributed by atoms with Crippen LogP contribution in [0.25, 0.3) is 64.0 Å². The second kappa shape index (κ2) is 9.59. The summed E-state index contributed by atoms with van der Waals surface area (Å²) >= 11 is 1.86. The number of hydrogen-bond donors (Lipinski definition) is 0. The molecular formula is C40H25NOS. The minimum Gasteiger partial charge on any atom is -0.454 e. The van der Waals surface area contributed by atoms with E-state index >= 15 is 0 Å². The van der Waals surface area contributed by atoms with Crippen LogP contribution in [0.1, 0.15) is 0 Å². The number of furan rings is 1. The highest BCUT2D eigenvalue weighted by Crippen LogP contribution is 2.50. The van der Waals surface area contributed by atoms with Gasteiger partial charge in [-0.25, -0.2) is 0 Å². The van der Waals surface area contributed by atoms with Crippen LogP contribution in [-0.2, 0) is 0 Å². The van der Waals surface area contributed by atoms with E-state index in [1.165, 1.54) is 42.1 Å². The van der Waals surface area contributed by atoms with E-state index in [0.29, 0.717) is 0 Å². The van der Waals surface area contributed by atoms with Crippen molar-refractivity contribution in [3.8, 4) is 11.1 Å². The smallest absolute Gasteiger partial charge is 0.159 e. The maximum absolute atomic E-state index is 6.65. The van der Waals surface area contributed by atoms with Crippen LogP contribution in [0.5, 0.6) is 0 Å². The molecule has 0 bridgehead atoms. The zero-order valence-electron chi connectivity index (χ0n) is 23.2. The topological polar surface area (TPSA) is 16.4 Å². The third-order valence-corrected chi connectivity index (χ3v) is 9.66. The van der Waals surface area contributed by atoms with Crippen LogP contribution in [0.2, 0.25) is 0 Å². The maximum atomic E-state index is 6.65. The summed E-state index contributed by atoms with van der Waals surface area (Å²) in [6, 6.07) is 54.1. The molecule has 0 amide bonds. The molecule has 7 aromatic carbocycles. The van der Waals surface area contributed by atoms with Crippen LogP contribution < -0.4 is 4.90 Å². The zero-order chi connectivity index (χ0) is 28.3. The SMILES string of the molecule is c1ccc(-c2ccc(N(c3cccc4ccccc34)c3cccc4c3oc3ccccc34)c3sc4ccccc4c23)cc1. The van der Waals surface area contributed by atoms with Gasteiger partial charge in [-0.1, -0.05) is 121 Å². The Hall–Kier alpha value is -5.38. The highest BCUT2D eigenvalue weighted by molar-refractivity contribution is 7.26. The molecule has 2 aromatic heterocycles. The fourth-order valence-electron chi connectivity index (χ4n) is 6.55. The molecule has 0 N–H and O–H groups in total. The van der Waals surface area contributed by atoms with E-state index in [2.05, 4.69) is 150 Å². The van der Waals surface area contributed by atoms with E-state index < -0.39 is 0 Å². The quantitative estimate of drug-likeness (QED) is 0.210. The molecule has 0 fully saturated rings. The molecule has 2 nitrogen and oxygen atoms in total. The molecule has 0 saturated heterocycles. The van der Waals surface area contributed by atoms with Gasteiger partial charge in [0.25, 0.3) is 0 Å². The number of benzene rings is 7. The molecule has 0 saturated carbocycles. The monoisotopic (exact) mass is 567 g/mol. The predicted octanol–water partition coefficient (Wildman–Crippen LogP) is 12.2. The predicted molar refractivity (Wildman–Crippen MR) is 184 cm³/mol. The number of nitrogens with zero attached hydrogens (tertiary/aromatic N) is 1. The van der Waals surface area contributed by atoms with E-state index in [0.717, 1.165) is 39.0 Å². The van der Waals surface area contributed by atoms with Crippen molar-refractivity contribution in [2.45, 2.75) is 0 Å². The molecule has 0 aliphatic rings. The molecule has 2 heterocycles. The van der Waals surface area contributed by atoms with Gasteiger partial charge < -0.3 is 9.32 Å². The van der Waals surface area contributed by atoms with Gasteiger partial charge in [-0.15, -0.1) is 11.3 Å². The fraction of sp³-hybridized carbons (Fsp3) is 0. The molecule has 0 aliphatic carbocycles. The third kappa shape index (κ3) is 3.72. The normalized spacial score (nSPS) is 11.7. The average molecular weight is 568 g/mol. The Balaban J connectivity index is 1.43. The van der Waals surface area contributed by atoms with Crippen molar-refractivity contribution in [3.05, 3.63) is 152 Å². The van der Waals surface area contributed by atoms with E-state index in [1.807, 2.05) is 17.4 Å². The van der Waals surface area contributed by atoms with Crippen LogP contribution in [0.4, 0.5) is 17.1 Å². The molecule has 0 unspecified atom stereocenters. The van der Waals surface area contributed by atoms with E-state index in [9.17, 15) is 0 Å². The van der Waals surface area contributed by atoms with Crippen LogP contribution in [0.3, 0.4) is 0 Å². The molecule has 202 valence electrons. The molecule has 9 aromatic rings. The van der Waals surface area contributed by atoms with Crippen molar-refractivity contribution in [1.29, 1.82) is 0 Å². The second-order valence-corrected chi connectivity index (χ2v) is 11.9. The first-order valence-corrected chi connectivity index (χ1v) is 15.3. The molecule has 0 aliphatic heterocycles. The van der Waals surface area contributed by atoms with E-state index in [4.69, 9.17) is 4.42 Å². The molecule has 3 heteroatoms. The standard InChI is InChI=1S/C40H25NOS/c1-2-12-27(13-3-1)29-24-25-35(40-38(29)32-18-7-9-23-37(32)43-40)41(33-20-10-15-26-14-4-5-16-28(26)33)34-21-11-19-31-30-17-6-8-22-36(30)42-39(31)34/h1-25H. The van der Waals surface area contributed by atoms with Crippen LogP contribution in [0, 0.1) is 0 Å². The van der Waals surface area contributed by atoms with Crippen molar-refractivity contribution in [2.75, 3.05) is 4.90 Å². The van der Waals surface area contributed by atoms with Gasteiger partial charge >= 0.3 is 0 Å². The Labute approximate surface area is 252 Å². The van der Waals surface area contributed by atoms with Gasteiger partial charge in [0.2, 0.25) is 0 Å². The van der Waals surface area contributed by atoms with Crippen molar-refractivity contribution in [1.82, 2.24) is 0 Å². The third-order valence-electron chi connectivity index (χ3n) is 8.46. The summed E-state index contributed by atoms with van der Waals surface area (Å²) in [5.74, 6) is 0. The Morgan fingerprint density at radius 3 is 2.05 bits per heavy atom. The fourth-order valence-corrected chi connectivity index (χ4v) is 7.78. The number of thiophene rings is 1. The van der Waals surface area contributed by atoms with Gasteiger partial charge in [-0.3, -0.25) is 0 Å². The van der Waals surface area contributed by atoms with Gasteiger partial charge in [-0.05, 0) is 46.8 Å². The lowest BCUT2D eigenvalue weighted by Gasteiger charge is -2.28. The minimum atomic E-state index is 0.887. The lowest BCUT2D eigenvalue weighted by molar-refractivity contribution is 0.669. The van der Waals surface area contributed by atoms with Crippen LogP contribution in [0.15, 0.2) is 156 Å². The number of para-hydroxylation sites is 2. The number of anilines is 3. The molecule has 9 rings (SSSR count). The molecule has 0 spiro atoms. The molecular weight excluding hydrogens is 543 g/mol. The van der Waals surface area contributed by atoms with Gasteiger partial charge in [0.1, 0.15) is 5.58 Å². The number of rotatable bonds is 4. The highest BCUT2D eigenvalue weighted by atomic mass is 32.1. The molecule has 43 heavy (non-hydrogen) atoms. The summed E-state index contributed by atoms with van der Waals surface area (Å²) in [5, 5.41) is 7.21. The van der Waals surface area contributed by atoms with Crippen molar-refractivity contribution >= 4 is 81.3 Å². The second-order valence-electron chi connectivity index (χ2n) is 10.9. The van der Waals surface area contributed by atoms with E-state index in [1.54, 1.807) is 0 Å². The summed E-state index contributed by atoms with van der Waals surface area (Å²) in [6.07, 6.45) is 0. The van der Waals surface area contributed by atoms with Crippen molar-refractivity contribution in [2.24, 2.45) is 0 Å². The Kier molecular flexibility index (Phi) is 5.40. The van der Waals surface area contributed by atoms with E-state index in [-0.39, 0.29) is 0 Å². The van der Waals surface area contributed by atoms with Gasteiger partial charge in [0, 0.05) is 31.6 Å². The van der Waals surface area contributed by atoms with Crippen molar-refractivity contribution in [3.63, 3.8) is 0 Å². The van der Waals surface area contributed by atoms with Gasteiger partial charge in [0.05, 0.1) is 21.8 Å². The zero-order valence-corrected chi connectivity index (χ0v) is 24.0. The lowest BCUT2D eigenvalue weighted by atomic mass is 9.98. The Bertz CT molecular complexity index is 2460. The molecule has 0 radical (unpaired) electrons. The molecule has 0 atom stereocenters. The largest absolute Gasteiger partial charge is 0.454 e. The van der Waals surface area contributed by atoms with Crippen LogP contribution in [-0.4, -0.2) is 0 Å². The van der Waals surface area contributed by atoms with Crippen molar-refractivity contribution < 1.29 is 4.42 Å². The summed E-state index contributed by atoms with van der Waals surface area (Å²) in [7, 11) is 0. The Morgan fingerprint density at radius 2 is 1.14 bits per heavy atom. The summed E-state index contributed by atoms with van der Waals surface area (Å²) in [4.78, 5) is 2.42. The lowest BCUT2D eigenvalue weighted by Crippen LogP contribution is -2.11. The average Bonchev–Trinajstić information content (AvgIpc) is 3.65. The summed E-state index contributed by atoms with van der Waals surface area (Å²) in [6.45, 7) is 0. The maximum Gasteiger partial charge on any atom is 0.159 e. The highest BCUT2D eigenvalue weighted by Gasteiger charge is 2.24. The Morgan fingerprint density at radius 1 is 0.465 bits per heavy atom. The first-order valence-electron chi connectivity index (χ1n) is 14.5. The van der Waals surface area contributed by atoms with Crippen LogP contribution >= 0.6 is 11.3 Å². The minimum absolute atomic E-state index is 0.887.